The van der Waals surface area contributed by atoms with Crippen molar-refractivity contribution in [3.05, 3.63) is 0 Å². The molecule has 2 aliphatic heterocycles. The van der Waals surface area contributed by atoms with Crippen LogP contribution in [-0.2, 0) is 9.47 Å². The number of ether oxygens (including phenoxy) is 2. The first kappa shape index (κ1) is 9.89. The fourth-order valence-electron chi connectivity index (χ4n) is 2.00. The van der Waals surface area contributed by atoms with Crippen molar-refractivity contribution in [1.82, 2.24) is 4.90 Å². The number of rotatable bonds is 2. The third-order valence-corrected chi connectivity index (χ3v) is 2.87. The van der Waals surface area contributed by atoms with Gasteiger partial charge in [-0.15, -0.1) is 0 Å². The smallest absolute Gasteiger partial charge is 0.127 e. The molecule has 0 radical (unpaired) electrons. The molecule has 80 valence electrons. The summed E-state index contributed by atoms with van der Waals surface area (Å²) in [7, 11) is 0. The maximum absolute atomic E-state index is 7.34. The van der Waals surface area contributed by atoms with Crippen LogP contribution in [0.15, 0.2) is 0 Å². The molecule has 14 heavy (non-hydrogen) atoms. The van der Waals surface area contributed by atoms with Crippen LogP contribution in [-0.4, -0.2) is 55.8 Å². The molecular weight excluding hydrogens is 182 g/mol. The van der Waals surface area contributed by atoms with Gasteiger partial charge in [-0.3, -0.25) is 10.3 Å². The quantitative estimate of drug-likeness (QED) is 0.461. The number of hydrogen-bond acceptors (Lipinski definition) is 4. The van der Waals surface area contributed by atoms with Crippen LogP contribution in [0.1, 0.15) is 6.42 Å². The highest BCUT2D eigenvalue weighted by Crippen LogP contribution is 2.15. The van der Waals surface area contributed by atoms with E-state index in [9.17, 15) is 0 Å². The highest BCUT2D eigenvalue weighted by Gasteiger charge is 2.29. The van der Waals surface area contributed by atoms with Gasteiger partial charge in [-0.25, -0.2) is 0 Å². The van der Waals surface area contributed by atoms with Gasteiger partial charge in [-0.1, -0.05) is 0 Å². The molecule has 0 amide bonds. The van der Waals surface area contributed by atoms with E-state index in [1.165, 1.54) is 0 Å². The third-order valence-electron chi connectivity index (χ3n) is 2.87. The van der Waals surface area contributed by atoms with Crippen LogP contribution in [0.3, 0.4) is 0 Å². The van der Waals surface area contributed by atoms with E-state index < -0.39 is 0 Å². The van der Waals surface area contributed by atoms with Crippen molar-refractivity contribution in [3.8, 4) is 0 Å². The first-order valence-electron chi connectivity index (χ1n) is 5.04. The van der Waals surface area contributed by atoms with Gasteiger partial charge in [0.05, 0.1) is 13.2 Å². The molecule has 5 heteroatoms. The van der Waals surface area contributed by atoms with Crippen LogP contribution in [0.5, 0.6) is 0 Å². The maximum atomic E-state index is 7.34. The van der Waals surface area contributed by atoms with Crippen LogP contribution in [0.4, 0.5) is 0 Å². The molecule has 3 N–H and O–H groups in total. The van der Waals surface area contributed by atoms with Crippen molar-refractivity contribution in [1.29, 1.82) is 5.41 Å². The Morgan fingerprint density at radius 2 is 2.29 bits per heavy atom. The van der Waals surface area contributed by atoms with Gasteiger partial charge in [-0.2, -0.15) is 0 Å². The van der Waals surface area contributed by atoms with Crippen LogP contribution in [0, 0.1) is 5.41 Å². The Bertz CT molecular complexity index is 216. The van der Waals surface area contributed by atoms with Crippen LogP contribution in [0.25, 0.3) is 0 Å². The lowest BCUT2D eigenvalue weighted by Gasteiger charge is -2.35. The molecular formula is C9H17N3O2. The molecule has 2 fully saturated rings. The molecule has 0 aromatic rings. The first-order chi connectivity index (χ1) is 6.77. The number of nitrogens with two attached hydrogens (primary N) is 1. The molecule has 0 saturated carbocycles. The van der Waals surface area contributed by atoms with Crippen molar-refractivity contribution in [2.75, 3.05) is 32.9 Å². The Morgan fingerprint density at radius 3 is 2.93 bits per heavy atom. The zero-order chi connectivity index (χ0) is 9.97. The van der Waals surface area contributed by atoms with Crippen molar-refractivity contribution < 1.29 is 9.47 Å². The summed E-state index contributed by atoms with van der Waals surface area (Å²) in [6.07, 6.45) is 0.870. The summed E-state index contributed by atoms with van der Waals surface area (Å²) in [6.45, 7) is 4.00. The topological polar surface area (TPSA) is 71.6 Å². The number of nitrogens with one attached hydrogen (secondary N) is 1. The highest BCUT2D eigenvalue weighted by molar-refractivity contribution is 5.82. The van der Waals surface area contributed by atoms with Gasteiger partial charge >= 0.3 is 0 Å². The monoisotopic (exact) mass is 199 g/mol. The average molecular weight is 199 g/mol. The molecule has 2 aliphatic rings. The van der Waals surface area contributed by atoms with E-state index in [0.717, 1.165) is 32.7 Å². The summed E-state index contributed by atoms with van der Waals surface area (Å²) in [6, 6.07) is 0.501. The molecule has 0 aromatic carbocycles. The van der Waals surface area contributed by atoms with Crippen molar-refractivity contribution >= 4 is 5.84 Å². The second-order valence-electron chi connectivity index (χ2n) is 3.83. The standard InChI is InChI=1S/C9H17N3O2/c10-9(11)8-5-12(2-4-14-8)7-1-3-13-6-7/h7-8H,1-6H2,(H3,10,11). The number of amidine groups is 1. The summed E-state index contributed by atoms with van der Waals surface area (Å²) in [5.41, 5.74) is 5.43. The fourth-order valence-corrected chi connectivity index (χ4v) is 2.00. The Morgan fingerprint density at radius 1 is 1.43 bits per heavy atom. The van der Waals surface area contributed by atoms with Crippen LogP contribution in [0.2, 0.25) is 0 Å². The first-order valence-corrected chi connectivity index (χ1v) is 5.04. The third kappa shape index (κ3) is 2.05. The lowest BCUT2D eigenvalue weighted by Crippen LogP contribution is -2.51. The summed E-state index contributed by atoms with van der Waals surface area (Å²) < 4.78 is 10.7. The Labute approximate surface area is 83.7 Å². The predicted octanol–water partition coefficient (Wildman–Crippen LogP) is -0.588. The Kier molecular flexibility index (Phi) is 3.00. The molecule has 0 spiro atoms. The second-order valence-corrected chi connectivity index (χ2v) is 3.83. The van der Waals surface area contributed by atoms with E-state index in [1.54, 1.807) is 0 Å². The summed E-state index contributed by atoms with van der Waals surface area (Å²) >= 11 is 0. The lowest BCUT2D eigenvalue weighted by molar-refractivity contribution is -0.0136. The number of morpholine rings is 1. The number of hydrogen-bond donors (Lipinski definition) is 2. The number of nitrogens with zero attached hydrogens (tertiary/aromatic N) is 1. The second kappa shape index (κ2) is 4.25. The van der Waals surface area contributed by atoms with E-state index in [0.29, 0.717) is 12.6 Å². The van der Waals surface area contributed by atoms with Gasteiger partial charge in [0.1, 0.15) is 11.9 Å². The van der Waals surface area contributed by atoms with Gasteiger partial charge < -0.3 is 15.2 Å². The summed E-state index contributed by atoms with van der Waals surface area (Å²) in [4.78, 5) is 2.32. The van der Waals surface area contributed by atoms with E-state index in [1.807, 2.05) is 0 Å². The van der Waals surface area contributed by atoms with Gasteiger partial charge in [-0.05, 0) is 6.42 Å². The fraction of sp³-hybridized carbons (Fsp3) is 0.889. The molecule has 0 aromatic heterocycles. The Balaban J connectivity index is 1.89. The summed E-state index contributed by atoms with van der Waals surface area (Å²) in [5.74, 6) is 0.133. The molecule has 2 unspecified atom stereocenters. The van der Waals surface area contributed by atoms with Gasteiger partial charge in [0.15, 0.2) is 0 Å². The highest BCUT2D eigenvalue weighted by atomic mass is 16.5. The predicted molar refractivity (Wildman–Crippen MR) is 52.5 cm³/mol. The van der Waals surface area contributed by atoms with Crippen molar-refractivity contribution in [3.63, 3.8) is 0 Å². The van der Waals surface area contributed by atoms with Crippen molar-refractivity contribution in [2.24, 2.45) is 5.73 Å². The van der Waals surface area contributed by atoms with Gasteiger partial charge in [0.25, 0.3) is 0 Å². The maximum Gasteiger partial charge on any atom is 0.127 e. The minimum absolute atomic E-state index is 0.133. The summed E-state index contributed by atoms with van der Waals surface area (Å²) in [5, 5.41) is 7.34. The zero-order valence-electron chi connectivity index (χ0n) is 8.24. The molecule has 2 heterocycles. The Hall–Kier alpha value is -0.650. The van der Waals surface area contributed by atoms with Crippen LogP contribution < -0.4 is 5.73 Å². The molecule has 2 atom stereocenters. The van der Waals surface area contributed by atoms with Gasteiger partial charge in [0, 0.05) is 25.7 Å². The molecule has 2 rings (SSSR count). The SMILES string of the molecule is N=C(N)C1CN(C2CCOC2)CCO1. The largest absolute Gasteiger partial charge is 0.385 e. The minimum atomic E-state index is -0.218. The molecule has 5 nitrogen and oxygen atoms in total. The molecule has 0 aliphatic carbocycles. The normalized spacial score (nSPS) is 34.6. The zero-order valence-corrected chi connectivity index (χ0v) is 8.24. The van der Waals surface area contributed by atoms with Crippen molar-refractivity contribution in [2.45, 2.75) is 18.6 Å². The van der Waals surface area contributed by atoms with E-state index in [-0.39, 0.29) is 11.9 Å². The average Bonchev–Trinajstić information content (AvgIpc) is 2.71. The van der Waals surface area contributed by atoms with Crippen LogP contribution >= 0.6 is 0 Å². The lowest BCUT2D eigenvalue weighted by atomic mass is 10.1. The van der Waals surface area contributed by atoms with E-state index in [2.05, 4.69) is 4.90 Å². The molecule has 2 saturated heterocycles. The van der Waals surface area contributed by atoms with E-state index >= 15 is 0 Å². The van der Waals surface area contributed by atoms with E-state index in [4.69, 9.17) is 20.6 Å². The van der Waals surface area contributed by atoms with Gasteiger partial charge in [0.2, 0.25) is 0 Å². The minimum Gasteiger partial charge on any atom is -0.385 e. The molecule has 0 bridgehead atoms.